The molecule has 1 aromatic heterocycles. The molecule has 2 aromatic carbocycles. The molecule has 0 bridgehead atoms. The average Bonchev–Trinajstić information content (AvgIpc) is 3.28. The van der Waals surface area contributed by atoms with Gasteiger partial charge in [0.15, 0.2) is 0 Å². The van der Waals surface area contributed by atoms with Crippen molar-refractivity contribution in [1.82, 2.24) is 14.8 Å². The Kier molecular flexibility index (Phi) is 12.6. The van der Waals surface area contributed by atoms with Crippen molar-refractivity contribution in [2.75, 3.05) is 32.8 Å². The van der Waals surface area contributed by atoms with E-state index in [4.69, 9.17) is 4.74 Å². The normalized spacial score (nSPS) is 15.5. The van der Waals surface area contributed by atoms with Gasteiger partial charge in [-0.3, -0.25) is 14.4 Å². The second kappa shape index (κ2) is 16.3. The van der Waals surface area contributed by atoms with E-state index in [1.54, 1.807) is 33.8 Å². The monoisotopic (exact) mass is 705 g/mol. The Morgan fingerprint density at radius 3 is 2.28 bits per heavy atom. The number of carbonyl (C=O) groups is 2. The standard InChI is InChI=1S/C37H44F5N3O5/c1-21(2)13-31(45-20-25(29(18-32(45)46)37(40,41)42)7-9-44-8-6-11-50-12-10-44)36(49)43-30(19-33(47)48)28-17-26(14-24(5)35(28)39)34-22(3)15-27(38)16-23(34)4/h14-18,20-21,30-31H,6-13,19H2,1-5H3,(H,43,49)(H,47,48)/t30-,31+/m0/s1. The van der Waals surface area contributed by atoms with Crippen molar-refractivity contribution in [3.63, 3.8) is 0 Å². The maximum atomic E-state index is 15.8. The molecule has 0 unspecified atom stereocenters. The molecule has 2 heterocycles. The van der Waals surface area contributed by atoms with Crippen molar-refractivity contribution in [2.24, 2.45) is 5.92 Å². The molecule has 1 aliphatic rings. The molecule has 2 N–H and O–H groups in total. The molecule has 0 saturated carbocycles. The molecule has 1 fully saturated rings. The zero-order valence-electron chi connectivity index (χ0n) is 28.9. The number of nitrogens with zero attached hydrogens (tertiary/aromatic N) is 2. The van der Waals surface area contributed by atoms with Gasteiger partial charge in [0.1, 0.15) is 17.7 Å². The number of pyridine rings is 1. The summed E-state index contributed by atoms with van der Waals surface area (Å²) in [6, 6.07) is 3.37. The molecule has 50 heavy (non-hydrogen) atoms. The van der Waals surface area contributed by atoms with Crippen molar-refractivity contribution >= 4 is 11.9 Å². The number of halogens is 5. The van der Waals surface area contributed by atoms with Gasteiger partial charge < -0.3 is 24.6 Å². The quantitative estimate of drug-likeness (QED) is 0.199. The summed E-state index contributed by atoms with van der Waals surface area (Å²) in [5.74, 6) is -3.62. The number of ether oxygens (including phenoxy) is 1. The Hall–Kier alpha value is -4.10. The zero-order valence-corrected chi connectivity index (χ0v) is 28.9. The summed E-state index contributed by atoms with van der Waals surface area (Å²) in [6.07, 6.45) is -3.77. The van der Waals surface area contributed by atoms with Gasteiger partial charge in [0.05, 0.1) is 24.6 Å². The van der Waals surface area contributed by atoms with Crippen LogP contribution in [-0.2, 0) is 26.9 Å². The SMILES string of the molecule is Cc1cc(-c2c(C)cc(F)cc2C)cc([C@H](CC(=O)O)NC(=O)[C@@H](CC(C)C)n2cc(CCN3CCCOCC3)c(C(F)(F)F)cc2=O)c1F. The Balaban J connectivity index is 1.76. The molecule has 4 rings (SSSR count). The summed E-state index contributed by atoms with van der Waals surface area (Å²) in [5, 5.41) is 12.4. The van der Waals surface area contributed by atoms with Crippen LogP contribution in [0.5, 0.6) is 0 Å². The minimum absolute atomic E-state index is 0.0231. The third-order valence-corrected chi connectivity index (χ3v) is 8.95. The van der Waals surface area contributed by atoms with Crippen LogP contribution in [-0.4, -0.2) is 59.3 Å². The fraction of sp³-hybridized carbons (Fsp3) is 0.486. The number of carboxylic acid groups (broad SMARTS) is 1. The van der Waals surface area contributed by atoms with Gasteiger partial charge in [0.25, 0.3) is 5.56 Å². The third-order valence-electron chi connectivity index (χ3n) is 8.95. The van der Waals surface area contributed by atoms with E-state index in [2.05, 4.69) is 5.32 Å². The molecule has 3 aromatic rings. The molecule has 1 saturated heterocycles. The first-order valence-corrected chi connectivity index (χ1v) is 16.7. The van der Waals surface area contributed by atoms with Gasteiger partial charge in [-0.15, -0.1) is 0 Å². The smallest absolute Gasteiger partial charge is 0.416 e. The topological polar surface area (TPSA) is 101 Å². The highest BCUT2D eigenvalue weighted by Crippen LogP contribution is 2.35. The van der Waals surface area contributed by atoms with Gasteiger partial charge in [0.2, 0.25) is 5.91 Å². The second-order valence-electron chi connectivity index (χ2n) is 13.4. The molecule has 0 spiro atoms. The molecule has 1 amide bonds. The first-order chi connectivity index (χ1) is 23.5. The summed E-state index contributed by atoms with van der Waals surface area (Å²) >= 11 is 0. The first kappa shape index (κ1) is 38.7. The molecule has 0 aliphatic carbocycles. The van der Waals surface area contributed by atoms with E-state index in [0.29, 0.717) is 54.6 Å². The van der Waals surface area contributed by atoms with E-state index in [0.717, 1.165) is 17.2 Å². The Bertz CT molecular complexity index is 1740. The van der Waals surface area contributed by atoms with Crippen LogP contribution in [0.1, 0.15) is 78.6 Å². The van der Waals surface area contributed by atoms with Crippen LogP contribution >= 0.6 is 0 Å². The highest BCUT2D eigenvalue weighted by atomic mass is 19.4. The van der Waals surface area contributed by atoms with Gasteiger partial charge in [-0.2, -0.15) is 13.2 Å². The number of hydrogen-bond acceptors (Lipinski definition) is 5. The number of nitrogens with one attached hydrogen (secondary N) is 1. The maximum Gasteiger partial charge on any atom is 0.416 e. The fourth-order valence-corrected chi connectivity index (χ4v) is 6.63. The molecule has 0 radical (unpaired) electrons. The van der Waals surface area contributed by atoms with Crippen molar-refractivity contribution in [3.8, 4) is 11.1 Å². The number of aryl methyl sites for hydroxylation is 3. The predicted octanol–water partition coefficient (Wildman–Crippen LogP) is 6.92. The molecule has 8 nitrogen and oxygen atoms in total. The van der Waals surface area contributed by atoms with Crippen molar-refractivity contribution in [1.29, 1.82) is 0 Å². The lowest BCUT2D eigenvalue weighted by atomic mass is 9.90. The van der Waals surface area contributed by atoms with E-state index in [1.165, 1.54) is 25.1 Å². The van der Waals surface area contributed by atoms with E-state index in [9.17, 15) is 37.1 Å². The highest BCUT2D eigenvalue weighted by Gasteiger charge is 2.36. The van der Waals surface area contributed by atoms with E-state index < -0.39 is 59.3 Å². The van der Waals surface area contributed by atoms with Gasteiger partial charge in [-0.25, -0.2) is 8.78 Å². The number of rotatable bonds is 12. The number of carboxylic acids is 1. The second-order valence-corrected chi connectivity index (χ2v) is 13.4. The highest BCUT2D eigenvalue weighted by molar-refractivity contribution is 5.82. The zero-order chi connectivity index (χ0) is 36.9. The molecule has 1 aliphatic heterocycles. The lowest BCUT2D eigenvalue weighted by Crippen LogP contribution is -2.41. The minimum Gasteiger partial charge on any atom is -0.481 e. The first-order valence-electron chi connectivity index (χ1n) is 16.7. The fourth-order valence-electron chi connectivity index (χ4n) is 6.63. The number of hydrogen-bond donors (Lipinski definition) is 2. The lowest BCUT2D eigenvalue weighted by Gasteiger charge is -2.27. The minimum atomic E-state index is -4.82. The lowest BCUT2D eigenvalue weighted by molar-refractivity contribution is -0.139. The Labute approximate surface area is 288 Å². The summed E-state index contributed by atoms with van der Waals surface area (Å²) in [5.41, 5.74) is -0.0434. The maximum absolute atomic E-state index is 15.8. The summed E-state index contributed by atoms with van der Waals surface area (Å²) < 4.78 is 78.8. The van der Waals surface area contributed by atoms with Gasteiger partial charge in [0, 0.05) is 44.1 Å². The number of benzene rings is 2. The van der Waals surface area contributed by atoms with Crippen LogP contribution in [0.4, 0.5) is 22.0 Å². The average molecular weight is 706 g/mol. The van der Waals surface area contributed by atoms with Crippen molar-refractivity contribution in [2.45, 2.75) is 78.6 Å². The molecule has 2 atom stereocenters. The number of alkyl halides is 3. The van der Waals surface area contributed by atoms with E-state index in [-0.39, 0.29) is 42.0 Å². The van der Waals surface area contributed by atoms with Crippen LogP contribution in [0.15, 0.2) is 41.3 Å². The molecular weight excluding hydrogens is 661 g/mol. The number of aliphatic carboxylic acids is 1. The molecule has 13 heteroatoms. The van der Waals surface area contributed by atoms with E-state index in [1.807, 2.05) is 4.90 Å². The number of carbonyl (C=O) groups excluding carboxylic acids is 1. The van der Waals surface area contributed by atoms with E-state index >= 15 is 4.39 Å². The van der Waals surface area contributed by atoms with Gasteiger partial charge >= 0.3 is 12.1 Å². The molecule has 272 valence electrons. The number of aromatic nitrogens is 1. The Morgan fingerprint density at radius 1 is 0.980 bits per heavy atom. The van der Waals surface area contributed by atoms with Gasteiger partial charge in [-0.1, -0.05) is 13.8 Å². The predicted molar refractivity (Wildman–Crippen MR) is 179 cm³/mol. The van der Waals surface area contributed by atoms with Crippen LogP contribution in [0.25, 0.3) is 11.1 Å². The van der Waals surface area contributed by atoms with Crippen LogP contribution in [0.2, 0.25) is 0 Å². The summed E-state index contributed by atoms with van der Waals surface area (Å²) in [4.78, 5) is 41.4. The van der Waals surface area contributed by atoms with Crippen LogP contribution < -0.4 is 10.9 Å². The van der Waals surface area contributed by atoms with Crippen molar-refractivity contribution < 1.29 is 41.4 Å². The van der Waals surface area contributed by atoms with Crippen LogP contribution in [0, 0.1) is 38.3 Å². The van der Waals surface area contributed by atoms with Gasteiger partial charge in [-0.05, 0) is 104 Å². The third kappa shape index (κ3) is 9.57. The largest absolute Gasteiger partial charge is 0.481 e. The summed E-state index contributed by atoms with van der Waals surface area (Å²) in [7, 11) is 0. The van der Waals surface area contributed by atoms with Crippen molar-refractivity contribution in [3.05, 3.63) is 91.9 Å². The van der Waals surface area contributed by atoms with Crippen LogP contribution in [0.3, 0.4) is 0 Å². The Morgan fingerprint density at radius 2 is 1.66 bits per heavy atom. The molecular formula is C37H44F5N3O5. The number of amides is 1. The summed E-state index contributed by atoms with van der Waals surface area (Å²) in [6.45, 7) is 10.9.